The van der Waals surface area contributed by atoms with Gasteiger partial charge in [0.05, 0.1) is 25.2 Å². The maximum Gasteiger partial charge on any atom is 0.325 e. The SMILES string of the molecule is CCCCCCCCC(CCCCCCCC)(C(=O)O)C(C(=O)O)S(=O)(=O)O.OCCN(CCO)CCO. The molecule has 0 aromatic rings. The summed E-state index contributed by atoms with van der Waals surface area (Å²) in [4.78, 5) is 25.5. The largest absolute Gasteiger partial charge is 0.481 e. The highest BCUT2D eigenvalue weighted by molar-refractivity contribution is 7.87. The smallest absolute Gasteiger partial charge is 0.325 e. The molecule has 0 aromatic heterocycles. The lowest BCUT2D eigenvalue weighted by Crippen LogP contribution is -2.51. The zero-order chi connectivity index (χ0) is 29.5. The quantitative estimate of drug-likeness (QED) is 0.0736. The first-order valence-corrected chi connectivity index (χ1v) is 15.5. The van der Waals surface area contributed by atoms with E-state index < -0.39 is 32.7 Å². The Balaban J connectivity index is 0. The number of carboxylic acids is 2. The third-order valence-electron chi connectivity index (χ3n) is 6.65. The van der Waals surface area contributed by atoms with Gasteiger partial charge in [0.15, 0.2) is 5.25 Å². The number of unbranched alkanes of at least 4 members (excludes halogenated alkanes) is 10. The molecule has 6 N–H and O–H groups in total. The Labute approximate surface area is 229 Å². The molecule has 0 rings (SSSR count). The number of carboxylic acid groups (broad SMARTS) is 2. The summed E-state index contributed by atoms with van der Waals surface area (Å²) in [7, 11) is -5.05. The van der Waals surface area contributed by atoms with Crippen molar-refractivity contribution in [2.24, 2.45) is 5.41 Å². The molecule has 12 heteroatoms. The molecule has 0 aromatic carbocycles. The van der Waals surface area contributed by atoms with Crippen LogP contribution >= 0.6 is 0 Å². The molecule has 0 fully saturated rings. The molecule has 0 aliphatic carbocycles. The van der Waals surface area contributed by atoms with E-state index in [2.05, 4.69) is 13.8 Å². The standard InChI is InChI=1S/C20H38O7S.C6H15NO3/c1-3-5-7-9-11-13-15-20(19(23)24,16-14-12-10-8-6-4-2)17(18(21)22)28(25,26)27;8-4-1-7(2-5-9)3-6-10/h17H,3-16H2,1-2H3,(H,21,22)(H,23,24)(H,25,26,27);8-10H,1-6H2. The van der Waals surface area contributed by atoms with Gasteiger partial charge in [0.2, 0.25) is 0 Å². The minimum Gasteiger partial charge on any atom is -0.481 e. The zero-order valence-corrected chi connectivity index (χ0v) is 24.2. The van der Waals surface area contributed by atoms with Gasteiger partial charge in [-0.15, -0.1) is 0 Å². The Bertz CT molecular complexity index is 672. The summed E-state index contributed by atoms with van der Waals surface area (Å²) in [5.74, 6) is -3.26. The lowest BCUT2D eigenvalue weighted by molar-refractivity contribution is -0.156. The highest BCUT2D eigenvalue weighted by Crippen LogP contribution is 2.39. The molecule has 1 unspecified atom stereocenters. The van der Waals surface area contributed by atoms with E-state index in [0.717, 1.165) is 51.4 Å². The van der Waals surface area contributed by atoms with Crippen LogP contribution in [0, 0.1) is 5.41 Å². The monoisotopic (exact) mass is 571 g/mol. The summed E-state index contributed by atoms with van der Waals surface area (Å²) in [5, 5.41) is 42.4. The summed E-state index contributed by atoms with van der Waals surface area (Å²) in [5.41, 5.74) is -2.01. The number of aliphatic hydroxyl groups excluding tert-OH is 3. The molecule has 0 amide bonds. The van der Waals surface area contributed by atoms with Crippen LogP contribution in [0.4, 0.5) is 0 Å². The number of aliphatic hydroxyl groups is 3. The van der Waals surface area contributed by atoms with Gasteiger partial charge < -0.3 is 25.5 Å². The normalized spacial score (nSPS) is 12.7. The Morgan fingerprint density at radius 3 is 1.29 bits per heavy atom. The number of nitrogens with zero attached hydrogens (tertiary/aromatic N) is 1. The van der Waals surface area contributed by atoms with Crippen LogP contribution in [0.3, 0.4) is 0 Å². The molecule has 0 spiro atoms. The molecule has 0 saturated carbocycles. The number of carbonyl (C=O) groups is 2. The molecule has 38 heavy (non-hydrogen) atoms. The molecule has 0 radical (unpaired) electrons. The van der Waals surface area contributed by atoms with Crippen molar-refractivity contribution >= 4 is 22.1 Å². The molecular formula is C26H53NO10S. The fourth-order valence-electron chi connectivity index (χ4n) is 4.56. The molecule has 0 saturated heterocycles. The number of rotatable bonds is 24. The van der Waals surface area contributed by atoms with Gasteiger partial charge in [-0.05, 0) is 12.8 Å². The third-order valence-corrected chi connectivity index (χ3v) is 7.90. The van der Waals surface area contributed by atoms with E-state index in [9.17, 15) is 32.8 Å². The summed E-state index contributed by atoms with van der Waals surface area (Å²) in [6.45, 7) is 5.92. The van der Waals surface area contributed by atoms with Crippen LogP contribution in [0.15, 0.2) is 0 Å². The van der Waals surface area contributed by atoms with Gasteiger partial charge in [-0.1, -0.05) is 90.9 Å². The summed E-state index contributed by atoms with van der Waals surface area (Å²) < 4.78 is 33.1. The zero-order valence-electron chi connectivity index (χ0n) is 23.4. The Hall–Kier alpha value is -1.31. The maximum absolute atomic E-state index is 12.1. The molecule has 0 aliphatic heterocycles. The van der Waals surface area contributed by atoms with Crippen molar-refractivity contribution in [1.29, 1.82) is 0 Å². The van der Waals surface area contributed by atoms with Crippen molar-refractivity contribution in [3.05, 3.63) is 0 Å². The van der Waals surface area contributed by atoms with Crippen LogP contribution in [0.1, 0.15) is 104 Å². The first-order chi connectivity index (χ1) is 18.0. The first kappa shape index (κ1) is 38.8. The number of hydrogen-bond acceptors (Lipinski definition) is 8. The highest BCUT2D eigenvalue weighted by atomic mass is 32.2. The Kier molecular flexibility index (Phi) is 24.1. The molecule has 1 atom stereocenters. The van der Waals surface area contributed by atoms with Gasteiger partial charge in [0, 0.05) is 19.6 Å². The second-order valence-electron chi connectivity index (χ2n) is 9.74. The van der Waals surface area contributed by atoms with Crippen LogP contribution in [-0.2, 0) is 19.7 Å². The molecule has 0 heterocycles. The van der Waals surface area contributed by atoms with E-state index in [-0.39, 0.29) is 32.7 Å². The first-order valence-electron chi connectivity index (χ1n) is 14.0. The summed E-state index contributed by atoms with van der Waals surface area (Å²) in [6.07, 6.45) is 10.2. The highest BCUT2D eigenvalue weighted by Gasteiger charge is 2.55. The topological polar surface area (TPSA) is 193 Å². The van der Waals surface area contributed by atoms with E-state index in [0.29, 0.717) is 45.3 Å². The molecule has 11 nitrogen and oxygen atoms in total. The van der Waals surface area contributed by atoms with Crippen molar-refractivity contribution in [2.75, 3.05) is 39.5 Å². The fraction of sp³-hybridized carbons (Fsp3) is 0.923. The minimum absolute atomic E-state index is 0.0693. The van der Waals surface area contributed by atoms with Crippen molar-refractivity contribution < 1.29 is 48.1 Å². The van der Waals surface area contributed by atoms with Gasteiger partial charge in [-0.25, -0.2) is 0 Å². The molecule has 0 aliphatic rings. The van der Waals surface area contributed by atoms with Gasteiger partial charge >= 0.3 is 11.9 Å². The van der Waals surface area contributed by atoms with Crippen LogP contribution in [0.5, 0.6) is 0 Å². The molecular weight excluding hydrogens is 518 g/mol. The predicted molar refractivity (Wildman–Crippen MR) is 147 cm³/mol. The predicted octanol–water partition coefficient (Wildman–Crippen LogP) is 3.16. The molecule has 0 bridgehead atoms. The Morgan fingerprint density at radius 1 is 0.684 bits per heavy atom. The van der Waals surface area contributed by atoms with Crippen molar-refractivity contribution in [2.45, 2.75) is 109 Å². The fourth-order valence-corrected chi connectivity index (χ4v) is 5.72. The van der Waals surface area contributed by atoms with Crippen molar-refractivity contribution in [3.63, 3.8) is 0 Å². The van der Waals surface area contributed by atoms with Crippen LogP contribution in [0.2, 0.25) is 0 Å². The van der Waals surface area contributed by atoms with E-state index >= 15 is 0 Å². The number of aliphatic carboxylic acids is 2. The average molecular weight is 572 g/mol. The second-order valence-corrected chi connectivity index (χ2v) is 11.2. The second kappa shape index (κ2) is 23.6. The van der Waals surface area contributed by atoms with E-state index in [1.807, 2.05) is 0 Å². The van der Waals surface area contributed by atoms with Crippen molar-refractivity contribution in [3.8, 4) is 0 Å². The van der Waals surface area contributed by atoms with Gasteiger partial charge in [0.25, 0.3) is 10.1 Å². The molecule has 228 valence electrons. The lowest BCUT2D eigenvalue weighted by atomic mass is 9.74. The van der Waals surface area contributed by atoms with E-state index in [1.165, 1.54) is 0 Å². The van der Waals surface area contributed by atoms with Crippen LogP contribution in [-0.4, -0.2) is 100 Å². The van der Waals surface area contributed by atoms with Crippen LogP contribution < -0.4 is 0 Å². The van der Waals surface area contributed by atoms with E-state index in [1.54, 1.807) is 4.90 Å². The van der Waals surface area contributed by atoms with Crippen LogP contribution in [0.25, 0.3) is 0 Å². The minimum atomic E-state index is -5.05. The average Bonchev–Trinajstić information content (AvgIpc) is 2.83. The van der Waals surface area contributed by atoms with Gasteiger partial charge in [-0.3, -0.25) is 19.0 Å². The summed E-state index contributed by atoms with van der Waals surface area (Å²) in [6, 6.07) is 0. The van der Waals surface area contributed by atoms with Crippen molar-refractivity contribution in [1.82, 2.24) is 4.90 Å². The summed E-state index contributed by atoms with van der Waals surface area (Å²) >= 11 is 0. The Morgan fingerprint density at radius 2 is 1.03 bits per heavy atom. The maximum atomic E-state index is 12.1. The lowest BCUT2D eigenvalue weighted by Gasteiger charge is -2.33. The van der Waals surface area contributed by atoms with Gasteiger partial charge in [0.1, 0.15) is 0 Å². The third kappa shape index (κ3) is 17.3. The number of hydrogen-bond donors (Lipinski definition) is 6. The van der Waals surface area contributed by atoms with E-state index in [4.69, 9.17) is 15.3 Å². The van der Waals surface area contributed by atoms with Gasteiger partial charge in [-0.2, -0.15) is 8.42 Å².